The second kappa shape index (κ2) is 6.20. The third kappa shape index (κ3) is 3.16. The molecule has 1 heterocycles. The van der Waals surface area contributed by atoms with Gasteiger partial charge in [-0.15, -0.1) is 0 Å². The van der Waals surface area contributed by atoms with Gasteiger partial charge in [-0.3, -0.25) is 9.69 Å². The zero-order valence-electron chi connectivity index (χ0n) is 12.1. The lowest BCUT2D eigenvalue weighted by Gasteiger charge is -2.22. The summed E-state index contributed by atoms with van der Waals surface area (Å²) in [6.07, 6.45) is 3.55. The summed E-state index contributed by atoms with van der Waals surface area (Å²) < 4.78 is 5.33. The molecule has 1 atom stereocenters. The minimum atomic E-state index is 0.164. The molecule has 1 fully saturated rings. The Kier molecular flexibility index (Phi) is 4.59. The van der Waals surface area contributed by atoms with Gasteiger partial charge in [-0.2, -0.15) is 0 Å². The van der Waals surface area contributed by atoms with Gasteiger partial charge in [0.15, 0.2) is 5.78 Å². The van der Waals surface area contributed by atoms with Crippen LogP contribution in [0.4, 0.5) is 0 Å². The zero-order valence-corrected chi connectivity index (χ0v) is 12.1. The van der Waals surface area contributed by atoms with E-state index in [4.69, 9.17) is 4.74 Å². The van der Waals surface area contributed by atoms with Crippen LogP contribution in [0.5, 0.6) is 5.75 Å². The molecule has 1 aliphatic rings. The van der Waals surface area contributed by atoms with Crippen LogP contribution in [0.25, 0.3) is 0 Å². The summed E-state index contributed by atoms with van der Waals surface area (Å²) in [5.74, 6) is 0.856. The first-order valence-corrected chi connectivity index (χ1v) is 7.07. The highest BCUT2D eigenvalue weighted by Crippen LogP contribution is 2.24. The molecule has 1 aromatic rings. The predicted octanol–water partition coefficient (Wildman–Crippen LogP) is 3.06. The highest BCUT2D eigenvalue weighted by atomic mass is 16.5. The molecule has 1 saturated heterocycles. The molecule has 0 spiro atoms. The lowest BCUT2D eigenvalue weighted by atomic mass is 10.1. The second-order valence-electron chi connectivity index (χ2n) is 5.30. The van der Waals surface area contributed by atoms with Crippen molar-refractivity contribution in [1.29, 1.82) is 0 Å². The number of ketones is 1. The Balaban J connectivity index is 2.11. The molecular weight excluding hydrogens is 238 g/mol. The third-order valence-corrected chi connectivity index (χ3v) is 3.97. The normalized spacial score (nSPS) is 19.6. The van der Waals surface area contributed by atoms with E-state index in [2.05, 4.69) is 11.8 Å². The second-order valence-corrected chi connectivity index (χ2v) is 5.30. The van der Waals surface area contributed by atoms with Gasteiger partial charge in [0.05, 0.1) is 19.2 Å². The molecule has 1 aromatic carbocycles. The summed E-state index contributed by atoms with van der Waals surface area (Å²) in [7, 11) is 1.62. The Morgan fingerprint density at radius 1 is 1.47 bits per heavy atom. The number of carbonyl (C=O) groups is 1. The zero-order chi connectivity index (χ0) is 13.8. The van der Waals surface area contributed by atoms with E-state index in [1.54, 1.807) is 7.11 Å². The molecule has 19 heavy (non-hydrogen) atoms. The third-order valence-electron chi connectivity index (χ3n) is 3.97. The summed E-state index contributed by atoms with van der Waals surface area (Å²) in [5, 5.41) is 0. The van der Waals surface area contributed by atoms with Crippen LogP contribution >= 0.6 is 0 Å². The maximum absolute atomic E-state index is 12.4. The molecule has 3 heteroatoms. The lowest BCUT2D eigenvalue weighted by Crippen LogP contribution is -2.34. The van der Waals surface area contributed by atoms with Crippen LogP contribution in [-0.2, 0) is 0 Å². The highest BCUT2D eigenvalue weighted by Gasteiger charge is 2.25. The van der Waals surface area contributed by atoms with Crippen molar-refractivity contribution in [2.75, 3.05) is 20.2 Å². The Hall–Kier alpha value is -1.35. The van der Waals surface area contributed by atoms with Crippen molar-refractivity contribution in [1.82, 2.24) is 4.90 Å². The summed E-state index contributed by atoms with van der Waals surface area (Å²) >= 11 is 0. The molecule has 0 N–H and O–H groups in total. The van der Waals surface area contributed by atoms with E-state index >= 15 is 0 Å². The van der Waals surface area contributed by atoms with Crippen molar-refractivity contribution in [3.8, 4) is 5.75 Å². The number of nitrogens with zero attached hydrogens (tertiary/aromatic N) is 1. The maximum Gasteiger partial charge on any atom is 0.180 e. The Morgan fingerprint density at radius 2 is 2.26 bits per heavy atom. The van der Waals surface area contributed by atoms with E-state index in [9.17, 15) is 4.79 Å². The number of rotatable bonds is 5. The van der Waals surface area contributed by atoms with Gasteiger partial charge >= 0.3 is 0 Å². The van der Waals surface area contributed by atoms with Gasteiger partial charge < -0.3 is 4.74 Å². The fourth-order valence-corrected chi connectivity index (χ4v) is 2.86. The van der Waals surface area contributed by atoms with Gasteiger partial charge in [0, 0.05) is 6.04 Å². The number of ether oxygens (including phenoxy) is 1. The molecule has 0 radical (unpaired) electrons. The first-order chi connectivity index (χ1) is 9.15. The van der Waals surface area contributed by atoms with Crippen LogP contribution in [-0.4, -0.2) is 36.9 Å². The lowest BCUT2D eigenvalue weighted by molar-refractivity contribution is 0.0917. The van der Waals surface area contributed by atoms with E-state index in [0.717, 1.165) is 18.5 Å². The van der Waals surface area contributed by atoms with Crippen LogP contribution in [0.15, 0.2) is 18.2 Å². The van der Waals surface area contributed by atoms with Gasteiger partial charge in [-0.1, -0.05) is 13.0 Å². The largest absolute Gasteiger partial charge is 0.496 e. The first kappa shape index (κ1) is 14.1. The molecule has 0 aliphatic carbocycles. The molecule has 104 valence electrons. The number of hydrogen-bond acceptors (Lipinski definition) is 3. The number of methoxy groups -OCH3 is 1. The Labute approximate surface area is 115 Å². The Morgan fingerprint density at radius 3 is 2.95 bits per heavy atom. The molecule has 0 amide bonds. The smallest absolute Gasteiger partial charge is 0.180 e. The number of Topliss-reactive ketones (excluding diaryl/α,β-unsaturated/α-hetero) is 1. The van der Waals surface area contributed by atoms with Crippen LogP contribution in [0, 0.1) is 6.92 Å². The molecule has 2 rings (SSSR count). The quantitative estimate of drug-likeness (QED) is 0.763. The fraction of sp³-hybridized carbons (Fsp3) is 0.562. The summed E-state index contributed by atoms with van der Waals surface area (Å²) in [6.45, 7) is 5.75. The van der Waals surface area contributed by atoms with Crippen LogP contribution < -0.4 is 4.74 Å². The number of benzene rings is 1. The molecule has 0 saturated carbocycles. The van der Waals surface area contributed by atoms with Crippen molar-refractivity contribution in [2.24, 2.45) is 0 Å². The summed E-state index contributed by atoms with van der Waals surface area (Å²) in [6, 6.07) is 6.35. The number of aryl methyl sites for hydroxylation is 1. The average molecular weight is 261 g/mol. The highest BCUT2D eigenvalue weighted by molar-refractivity contribution is 6.00. The number of likely N-dealkylation sites (tertiary alicyclic amines) is 1. The van der Waals surface area contributed by atoms with Gasteiger partial charge in [0.25, 0.3) is 0 Å². The van der Waals surface area contributed by atoms with E-state index in [1.165, 1.54) is 12.8 Å². The van der Waals surface area contributed by atoms with Gasteiger partial charge in [-0.05, 0) is 50.4 Å². The summed E-state index contributed by atoms with van der Waals surface area (Å²) in [4.78, 5) is 14.7. The van der Waals surface area contributed by atoms with Crippen LogP contribution in [0.1, 0.15) is 42.1 Å². The molecule has 1 unspecified atom stereocenters. The molecule has 1 aliphatic heterocycles. The van der Waals surface area contributed by atoms with E-state index in [1.807, 2.05) is 25.1 Å². The van der Waals surface area contributed by atoms with Crippen molar-refractivity contribution in [3.05, 3.63) is 29.3 Å². The topological polar surface area (TPSA) is 29.5 Å². The van der Waals surface area contributed by atoms with E-state index < -0.39 is 0 Å². The SMILES string of the molecule is CCC1CCCN1CC(=O)c1ccc(C)cc1OC. The standard InChI is InChI=1S/C16H23NO2/c1-4-13-6-5-9-17(13)11-15(18)14-8-7-12(2)10-16(14)19-3/h7-8,10,13H,4-6,9,11H2,1-3H3. The van der Waals surface area contributed by atoms with Gasteiger partial charge in [0.2, 0.25) is 0 Å². The van der Waals surface area contributed by atoms with Crippen LogP contribution in [0.2, 0.25) is 0 Å². The monoisotopic (exact) mass is 261 g/mol. The minimum absolute atomic E-state index is 0.164. The predicted molar refractivity (Wildman–Crippen MR) is 76.9 cm³/mol. The van der Waals surface area contributed by atoms with Crippen molar-refractivity contribution < 1.29 is 9.53 Å². The molecule has 0 aromatic heterocycles. The fourth-order valence-electron chi connectivity index (χ4n) is 2.86. The van der Waals surface area contributed by atoms with Crippen molar-refractivity contribution >= 4 is 5.78 Å². The van der Waals surface area contributed by atoms with Crippen molar-refractivity contribution in [2.45, 2.75) is 39.2 Å². The molecule has 0 bridgehead atoms. The average Bonchev–Trinajstić information content (AvgIpc) is 2.85. The minimum Gasteiger partial charge on any atom is -0.496 e. The van der Waals surface area contributed by atoms with Gasteiger partial charge in [0.1, 0.15) is 5.75 Å². The number of carbonyl (C=O) groups excluding carboxylic acids is 1. The van der Waals surface area contributed by atoms with Crippen molar-refractivity contribution in [3.63, 3.8) is 0 Å². The van der Waals surface area contributed by atoms with E-state index in [-0.39, 0.29) is 5.78 Å². The summed E-state index contributed by atoms with van der Waals surface area (Å²) in [5.41, 5.74) is 1.82. The first-order valence-electron chi connectivity index (χ1n) is 7.07. The van der Waals surface area contributed by atoms with Gasteiger partial charge in [-0.25, -0.2) is 0 Å². The number of hydrogen-bond donors (Lipinski definition) is 0. The maximum atomic E-state index is 12.4. The molecular formula is C16H23NO2. The van der Waals surface area contributed by atoms with E-state index in [0.29, 0.717) is 23.9 Å². The Bertz CT molecular complexity index is 456. The molecule has 3 nitrogen and oxygen atoms in total. The van der Waals surface area contributed by atoms with Crippen LogP contribution in [0.3, 0.4) is 0 Å².